The molecule has 0 unspecified atom stereocenters. The fraction of sp³-hybridized carbons (Fsp3) is 0.0909. The molecule has 2 aromatic rings. The number of carbonyl (C=O) groups excluding carboxylic acids is 1. The average molecular weight is 290 g/mol. The second-order valence-electron chi connectivity index (χ2n) is 3.57. The van der Waals surface area contributed by atoms with Crippen LogP contribution in [0.5, 0.6) is 0 Å². The second kappa shape index (κ2) is 5.25. The lowest BCUT2D eigenvalue weighted by molar-refractivity contribution is 0.0542. The third-order valence-corrected chi connectivity index (χ3v) is 2.23. The summed E-state index contributed by atoms with van der Waals surface area (Å²) >= 11 is 0. The highest BCUT2D eigenvalue weighted by Gasteiger charge is 2.23. The molecule has 3 N–H and O–H groups in total. The Hall–Kier alpha value is -3.48. The molecule has 0 aromatic carbocycles. The van der Waals surface area contributed by atoms with Gasteiger partial charge >= 0.3 is 17.9 Å². The number of aromatic amines is 1. The topological polar surface area (TPSA) is 155 Å². The van der Waals surface area contributed by atoms with Gasteiger partial charge in [0.1, 0.15) is 5.52 Å². The minimum Gasteiger partial charge on any atom is -0.476 e. The van der Waals surface area contributed by atoms with Gasteiger partial charge in [-0.25, -0.2) is 29.3 Å². The van der Waals surface area contributed by atoms with Gasteiger partial charge in [-0.15, -0.1) is 6.42 Å². The molecular weight excluding hydrogens is 284 g/mol. The molecule has 10 nitrogen and oxygen atoms in total. The highest BCUT2D eigenvalue weighted by atomic mass is 16.5. The molecule has 0 aliphatic rings. The molecule has 0 radical (unpaired) electrons. The van der Waals surface area contributed by atoms with E-state index in [2.05, 4.69) is 24.7 Å². The van der Waals surface area contributed by atoms with Crippen LogP contribution in [0.1, 0.15) is 31.7 Å². The Bertz CT molecular complexity index is 803. The summed E-state index contributed by atoms with van der Waals surface area (Å²) in [6, 6.07) is 0. The molecule has 2 heterocycles. The third-order valence-electron chi connectivity index (χ3n) is 2.23. The van der Waals surface area contributed by atoms with Gasteiger partial charge in [-0.3, -0.25) is 0 Å². The van der Waals surface area contributed by atoms with Crippen LogP contribution in [0, 0.1) is 12.3 Å². The van der Waals surface area contributed by atoms with Gasteiger partial charge in [0.2, 0.25) is 11.6 Å². The Kier molecular flexibility index (Phi) is 3.49. The number of nitrogens with zero attached hydrogens (tertiary/aromatic N) is 3. The third kappa shape index (κ3) is 2.61. The SMILES string of the molecule is C#CCOC(=O)c1nc(C(=O)O)c2[nH]c(C(=O)O)nc2n1. The first-order valence-corrected chi connectivity index (χ1v) is 5.29. The van der Waals surface area contributed by atoms with Gasteiger partial charge in [0, 0.05) is 0 Å². The summed E-state index contributed by atoms with van der Waals surface area (Å²) in [5, 5.41) is 17.8. The predicted octanol–water partition coefficient (Wildman–Crippen LogP) is -0.461. The van der Waals surface area contributed by atoms with E-state index in [1.807, 2.05) is 5.92 Å². The first-order valence-electron chi connectivity index (χ1n) is 5.29. The van der Waals surface area contributed by atoms with E-state index in [0.717, 1.165) is 0 Å². The number of carbonyl (C=O) groups is 3. The molecule has 0 saturated carbocycles. The molecule has 0 aliphatic carbocycles. The van der Waals surface area contributed by atoms with Gasteiger partial charge in [-0.2, -0.15) is 0 Å². The first kappa shape index (κ1) is 13.9. The fourth-order valence-electron chi connectivity index (χ4n) is 1.42. The summed E-state index contributed by atoms with van der Waals surface area (Å²) in [6.07, 6.45) is 4.92. The molecule has 2 aromatic heterocycles. The Morgan fingerprint density at radius 1 is 1.19 bits per heavy atom. The van der Waals surface area contributed by atoms with E-state index < -0.39 is 35.3 Å². The van der Waals surface area contributed by atoms with E-state index in [0.29, 0.717) is 0 Å². The summed E-state index contributed by atoms with van der Waals surface area (Å²) in [5.74, 6) is -3.02. The molecule has 0 bridgehead atoms. The number of ether oxygens (including phenoxy) is 1. The van der Waals surface area contributed by atoms with Gasteiger partial charge in [-0.05, 0) is 0 Å². The number of hydrogen-bond donors (Lipinski definition) is 3. The maximum absolute atomic E-state index is 11.6. The smallest absolute Gasteiger partial charge is 0.377 e. The Morgan fingerprint density at radius 3 is 2.48 bits per heavy atom. The largest absolute Gasteiger partial charge is 0.476 e. The molecule has 0 amide bonds. The van der Waals surface area contributed by atoms with Crippen LogP contribution in [0.4, 0.5) is 0 Å². The first-order chi connectivity index (χ1) is 9.93. The van der Waals surface area contributed by atoms with Gasteiger partial charge in [-0.1, -0.05) is 5.92 Å². The molecule has 0 saturated heterocycles. The number of H-pyrrole nitrogens is 1. The van der Waals surface area contributed by atoms with E-state index in [1.54, 1.807) is 0 Å². The number of carboxylic acid groups (broad SMARTS) is 2. The Labute approximate surface area is 115 Å². The van der Waals surface area contributed by atoms with Crippen molar-refractivity contribution >= 4 is 29.1 Å². The van der Waals surface area contributed by atoms with Crippen molar-refractivity contribution in [3.05, 3.63) is 17.3 Å². The number of terminal acetylenes is 1. The monoisotopic (exact) mass is 290 g/mol. The van der Waals surface area contributed by atoms with Crippen LogP contribution in [0.25, 0.3) is 11.2 Å². The van der Waals surface area contributed by atoms with Crippen molar-refractivity contribution in [3.63, 3.8) is 0 Å². The number of carboxylic acids is 2. The maximum atomic E-state index is 11.6. The Balaban J connectivity index is 2.60. The van der Waals surface area contributed by atoms with E-state index in [1.165, 1.54) is 0 Å². The molecule has 0 fully saturated rings. The minimum atomic E-state index is -1.49. The van der Waals surface area contributed by atoms with E-state index in [4.69, 9.17) is 16.6 Å². The minimum absolute atomic E-state index is 0.214. The highest BCUT2D eigenvalue weighted by Crippen LogP contribution is 2.14. The quantitative estimate of drug-likeness (QED) is 0.500. The summed E-state index contributed by atoms with van der Waals surface area (Å²) in [6.45, 7) is -0.344. The Morgan fingerprint density at radius 2 is 1.90 bits per heavy atom. The van der Waals surface area contributed by atoms with E-state index in [-0.39, 0.29) is 17.8 Å². The van der Waals surface area contributed by atoms with Crippen LogP contribution in [0.3, 0.4) is 0 Å². The summed E-state index contributed by atoms with van der Waals surface area (Å²) in [7, 11) is 0. The summed E-state index contributed by atoms with van der Waals surface area (Å²) in [5.41, 5.74) is -1.10. The number of aromatic carboxylic acids is 2. The average Bonchev–Trinajstić information content (AvgIpc) is 2.87. The van der Waals surface area contributed by atoms with Crippen LogP contribution < -0.4 is 0 Å². The standard InChI is InChI=1S/C11H6N4O6/c1-2-3-21-11(20)8-13-5(9(16)17)4-6(15-8)14-7(12-4)10(18)19/h1H,3H2,(H,16,17)(H,18,19)(H,12,13,14,15). The predicted molar refractivity (Wildman–Crippen MR) is 64.7 cm³/mol. The van der Waals surface area contributed by atoms with Crippen molar-refractivity contribution in [2.24, 2.45) is 0 Å². The van der Waals surface area contributed by atoms with Gasteiger partial charge in [0.05, 0.1) is 0 Å². The van der Waals surface area contributed by atoms with Crippen molar-refractivity contribution in [3.8, 4) is 12.3 Å². The molecule has 2 rings (SSSR count). The number of fused-ring (bicyclic) bond motifs is 1. The summed E-state index contributed by atoms with van der Waals surface area (Å²) < 4.78 is 4.57. The number of rotatable bonds is 4. The van der Waals surface area contributed by atoms with Crippen molar-refractivity contribution in [2.45, 2.75) is 0 Å². The maximum Gasteiger partial charge on any atom is 0.377 e. The summed E-state index contributed by atoms with van der Waals surface area (Å²) in [4.78, 5) is 46.5. The number of imidazole rings is 1. The van der Waals surface area contributed by atoms with Crippen LogP contribution in [-0.4, -0.2) is 54.7 Å². The van der Waals surface area contributed by atoms with Gasteiger partial charge < -0.3 is 19.9 Å². The number of aromatic nitrogens is 4. The van der Waals surface area contributed by atoms with Crippen molar-refractivity contribution in [1.82, 2.24) is 19.9 Å². The fourth-order valence-corrected chi connectivity index (χ4v) is 1.42. The van der Waals surface area contributed by atoms with Crippen LogP contribution in [0.15, 0.2) is 0 Å². The normalized spacial score (nSPS) is 10.0. The van der Waals surface area contributed by atoms with Crippen molar-refractivity contribution in [1.29, 1.82) is 0 Å². The van der Waals surface area contributed by atoms with E-state index in [9.17, 15) is 14.4 Å². The lowest BCUT2D eigenvalue weighted by atomic mass is 10.3. The molecule has 21 heavy (non-hydrogen) atoms. The van der Waals surface area contributed by atoms with Gasteiger partial charge in [0.15, 0.2) is 17.9 Å². The molecule has 0 atom stereocenters. The second-order valence-corrected chi connectivity index (χ2v) is 3.57. The molecule has 0 aliphatic heterocycles. The molecule has 10 heteroatoms. The zero-order valence-corrected chi connectivity index (χ0v) is 10.2. The van der Waals surface area contributed by atoms with Crippen LogP contribution in [0.2, 0.25) is 0 Å². The lowest BCUT2D eigenvalue weighted by Gasteiger charge is -2.01. The highest BCUT2D eigenvalue weighted by molar-refractivity contribution is 6.01. The number of hydrogen-bond acceptors (Lipinski definition) is 7. The van der Waals surface area contributed by atoms with Crippen LogP contribution >= 0.6 is 0 Å². The molecule has 0 spiro atoms. The van der Waals surface area contributed by atoms with Crippen LogP contribution in [-0.2, 0) is 4.74 Å². The van der Waals surface area contributed by atoms with Crippen molar-refractivity contribution in [2.75, 3.05) is 6.61 Å². The number of nitrogens with one attached hydrogen (secondary N) is 1. The molecule has 106 valence electrons. The van der Waals surface area contributed by atoms with Gasteiger partial charge in [0.25, 0.3) is 0 Å². The zero-order chi connectivity index (χ0) is 15.6. The number of esters is 1. The zero-order valence-electron chi connectivity index (χ0n) is 10.2. The van der Waals surface area contributed by atoms with Crippen molar-refractivity contribution < 1.29 is 29.3 Å². The lowest BCUT2D eigenvalue weighted by Crippen LogP contribution is -2.14. The van der Waals surface area contributed by atoms with E-state index >= 15 is 0 Å². The molecular formula is C11H6N4O6.